The van der Waals surface area contributed by atoms with Crippen molar-refractivity contribution in [2.45, 2.75) is 31.9 Å². The van der Waals surface area contributed by atoms with Crippen LogP contribution in [0.25, 0.3) is 21.3 Å². The van der Waals surface area contributed by atoms with Crippen molar-refractivity contribution in [3.05, 3.63) is 81.7 Å². The van der Waals surface area contributed by atoms with E-state index in [1.165, 1.54) is 28.7 Å². The number of hydrogen-bond acceptors (Lipinski definition) is 5. The van der Waals surface area contributed by atoms with Gasteiger partial charge in [-0.25, -0.2) is 4.98 Å². The highest BCUT2D eigenvalue weighted by atomic mass is 32.2. The average molecular weight is 464 g/mol. The van der Waals surface area contributed by atoms with E-state index in [0.717, 1.165) is 16.8 Å². The molecule has 4 rings (SSSR count). The SMILES string of the molecule is CC(C)c1ccc(NC(=O)CS[C@H](C)c2nc3scc(-c4ccccc4)c3c(=O)[nH]2)cc1. The summed E-state index contributed by atoms with van der Waals surface area (Å²) < 4.78 is 0. The Balaban J connectivity index is 1.43. The van der Waals surface area contributed by atoms with Gasteiger partial charge in [0.15, 0.2) is 0 Å². The minimum absolute atomic E-state index is 0.0786. The van der Waals surface area contributed by atoms with Crippen molar-refractivity contribution in [3.8, 4) is 11.1 Å². The van der Waals surface area contributed by atoms with Gasteiger partial charge in [-0.2, -0.15) is 0 Å². The summed E-state index contributed by atoms with van der Waals surface area (Å²) >= 11 is 2.91. The molecule has 5 nitrogen and oxygen atoms in total. The monoisotopic (exact) mass is 463 g/mol. The van der Waals surface area contributed by atoms with E-state index >= 15 is 0 Å². The van der Waals surface area contributed by atoms with Crippen LogP contribution in [-0.4, -0.2) is 21.6 Å². The highest BCUT2D eigenvalue weighted by Crippen LogP contribution is 2.32. The Morgan fingerprint density at radius 2 is 1.81 bits per heavy atom. The number of hydrogen-bond donors (Lipinski definition) is 2. The van der Waals surface area contributed by atoms with E-state index in [1.807, 2.05) is 66.9 Å². The molecule has 164 valence electrons. The van der Waals surface area contributed by atoms with Crippen LogP contribution >= 0.6 is 23.1 Å². The highest BCUT2D eigenvalue weighted by molar-refractivity contribution is 8.00. The third-order valence-corrected chi connectivity index (χ3v) is 7.28. The number of carbonyl (C=O) groups excluding carboxylic acids is 1. The van der Waals surface area contributed by atoms with Crippen LogP contribution in [0.4, 0.5) is 5.69 Å². The number of H-pyrrole nitrogens is 1. The summed E-state index contributed by atoms with van der Waals surface area (Å²) in [6.07, 6.45) is 0. The van der Waals surface area contributed by atoms with Crippen LogP contribution in [0.15, 0.2) is 64.8 Å². The zero-order valence-corrected chi connectivity index (χ0v) is 19.8. The molecule has 1 atom stereocenters. The maximum atomic E-state index is 12.8. The Kier molecular flexibility index (Phi) is 6.77. The van der Waals surface area contributed by atoms with Gasteiger partial charge in [0.1, 0.15) is 10.7 Å². The average Bonchev–Trinajstić information content (AvgIpc) is 3.23. The molecular weight excluding hydrogens is 438 g/mol. The molecular formula is C25H25N3O2S2. The molecule has 7 heteroatoms. The lowest BCUT2D eigenvalue weighted by Crippen LogP contribution is -2.16. The van der Waals surface area contributed by atoms with Crippen LogP contribution < -0.4 is 10.9 Å². The second-order valence-electron chi connectivity index (χ2n) is 7.92. The quantitative estimate of drug-likeness (QED) is 0.342. The number of nitrogens with one attached hydrogen (secondary N) is 2. The second kappa shape index (κ2) is 9.71. The summed E-state index contributed by atoms with van der Waals surface area (Å²) in [6, 6.07) is 17.8. The molecule has 0 unspecified atom stereocenters. The van der Waals surface area contributed by atoms with Gasteiger partial charge < -0.3 is 10.3 Å². The lowest BCUT2D eigenvalue weighted by molar-refractivity contribution is -0.113. The van der Waals surface area contributed by atoms with Crippen molar-refractivity contribution < 1.29 is 4.79 Å². The molecule has 0 saturated heterocycles. The number of fused-ring (bicyclic) bond motifs is 1. The van der Waals surface area contributed by atoms with Gasteiger partial charge in [-0.05, 0) is 36.1 Å². The predicted octanol–water partition coefficient (Wildman–Crippen LogP) is 6.21. The van der Waals surface area contributed by atoms with Gasteiger partial charge in [0.2, 0.25) is 5.91 Å². The lowest BCUT2D eigenvalue weighted by Gasteiger charge is -2.12. The predicted molar refractivity (Wildman–Crippen MR) is 136 cm³/mol. The minimum atomic E-state index is -0.146. The zero-order chi connectivity index (χ0) is 22.7. The molecule has 0 aliphatic carbocycles. The van der Waals surface area contributed by atoms with Gasteiger partial charge in [-0.15, -0.1) is 23.1 Å². The van der Waals surface area contributed by atoms with Crippen molar-refractivity contribution in [2.24, 2.45) is 0 Å². The van der Waals surface area contributed by atoms with Crippen LogP contribution in [0, 0.1) is 0 Å². The van der Waals surface area contributed by atoms with Crippen molar-refractivity contribution in [2.75, 3.05) is 11.1 Å². The molecule has 0 saturated carbocycles. The Labute approximate surface area is 195 Å². The highest BCUT2D eigenvalue weighted by Gasteiger charge is 2.17. The molecule has 0 fully saturated rings. The van der Waals surface area contributed by atoms with Gasteiger partial charge >= 0.3 is 0 Å². The van der Waals surface area contributed by atoms with E-state index in [9.17, 15) is 9.59 Å². The maximum absolute atomic E-state index is 12.8. The molecule has 0 aliphatic rings. The molecule has 2 aromatic carbocycles. The minimum Gasteiger partial charge on any atom is -0.325 e. The number of thioether (sulfide) groups is 1. The lowest BCUT2D eigenvalue weighted by atomic mass is 10.0. The van der Waals surface area contributed by atoms with E-state index in [4.69, 9.17) is 0 Å². The van der Waals surface area contributed by atoms with E-state index in [1.54, 1.807) is 0 Å². The van der Waals surface area contributed by atoms with E-state index in [0.29, 0.717) is 22.0 Å². The fourth-order valence-corrected chi connectivity index (χ4v) is 5.11. The number of rotatable bonds is 7. The normalized spacial score (nSPS) is 12.2. The molecule has 2 heterocycles. The topological polar surface area (TPSA) is 74.8 Å². The van der Waals surface area contributed by atoms with Crippen LogP contribution in [0.1, 0.15) is 43.3 Å². The summed E-state index contributed by atoms with van der Waals surface area (Å²) in [7, 11) is 0. The first-order valence-corrected chi connectivity index (χ1v) is 12.4. The number of carbonyl (C=O) groups is 1. The van der Waals surface area contributed by atoms with Gasteiger partial charge in [0.05, 0.1) is 16.4 Å². The first-order chi connectivity index (χ1) is 15.4. The number of benzene rings is 2. The Bertz CT molecular complexity index is 1280. The fourth-order valence-electron chi connectivity index (χ4n) is 3.42. The van der Waals surface area contributed by atoms with Crippen molar-refractivity contribution >= 4 is 44.9 Å². The van der Waals surface area contributed by atoms with Crippen LogP contribution in [-0.2, 0) is 4.79 Å². The summed E-state index contributed by atoms with van der Waals surface area (Å²) in [5.74, 6) is 1.23. The molecule has 1 amide bonds. The Morgan fingerprint density at radius 3 is 2.50 bits per heavy atom. The van der Waals surface area contributed by atoms with Gasteiger partial charge in [0, 0.05) is 16.6 Å². The number of aromatic amines is 1. The molecule has 2 N–H and O–H groups in total. The van der Waals surface area contributed by atoms with Gasteiger partial charge in [0.25, 0.3) is 5.56 Å². The number of thiophene rings is 1. The molecule has 4 aromatic rings. The van der Waals surface area contributed by atoms with Gasteiger partial charge in [-0.1, -0.05) is 56.3 Å². The Morgan fingerprint density at radius 1 is 1.09 bits per heavy atom. The first kappa shape index (κ1) is 22.3. The zero-order valence-electron chi connectivity index (χ0n) is 18.2. The number of nitrogens with zero attached hydrogens (tertiary/aromatic N) is 1. The molecule has 0 radical (unpaired) electrons. The van der Waals surface area contributed by atoms with Crippen LogP contribution in [0.2, 0.25) is 0 Å². The maximum Gasteiger partial charge on any atom is 0.260 e. The third kappa shape index (κ3) is 4.95. The van der Waals surface area contributed by atoms with E-state index in [-0.39, 0.29) is 22.5 Å². The summed E-state index contributed by atoms with van der Waals surface area (Å²) in [5.41, 5.74) is 3.77. The largest absolute Gasteiger partial charge is 0.325 e. The number of anilines is 1. The second-order valence-corrected chi connectivity index (χ2v) is 10.1. The van der Waals surface area contributed by atoms with Crippen LogP contribution in [0.3, 0.4) is 0 Å². The standard InChI is InChI=1S/C25H25N3O2S2/c1-15(2)17-9-11-19(12-10-17)26-21(29)14-31-16(3)23-27-24(30)22-20(13-32-25(22)28-23)18-7-5-4-6-8-18/h4-13,15-16H,14H2,1-3H3,(H,26,29)(H,27,28,30)/t16-/m1/s1. The fraction of sp³-hybridized carbons (Fsp3) is 0.240. The van der Waals surface area contributed by atoms with Crippen LogP contribution in [0.5, 0.6) is 0 Å². The Hall–Kier alpha value is -2.90. The summed E-state index contributed by atoms with van der Waals surface area (Å²) in [4.78, 5) is 33.5. The van der Waals surface area contributed by atoms with E-state index < -0.39 is 0 Å². The van der Waals surface area contributed by atoms with Crippen molar-refractivity contribution in [3.63, 3.8) is 0 Å². The van der Waals surface area contributed by atoms with E-state index in [2.05, 4.69) is 29.1 Å². The summed E-state index contributed by atoms with van der Waals surface area (Å²) in [5, 5.41) is 5.40. The first-order valence-electron chi connectivity index (χ1n) is 10.5. The van der Waals surface area contributed by atoms with Gasteiger partial charge in [-0.3, -0.25) is 9.59 Å². The van der Waals surface area contributed by atoms with Crippen molar-refractivity contribution in [1.29, 1.82) is 0 Å². The molecule has 0 aliphatic heterocycles. The summed E-state index contributed by atoms with van der Waals surface area (Å²) in [6.45, 7) is 6.23. The molecule has 32 heavy (non-hydrogen) atoms. The molecule has 0 spiro atoms. The molecule has 2 aromatic heterocycles. The third-order valence-electron chi connectivity index (χ3n) is 5.26. The van der Waals surface area contributed by atoms with Crippen molar-refractivity contribution in [1.82, 2.24) is 9.97 Å². The smallest absolute Gasteiger partial charge is 0.260 e. The molecule has 0 bridgehead atoms. The number of amides is 1. The number of aromatic nitrogens is 2.